The molecule has 1 amide bonds. The Bertz CT molecular complexity index is 791. The third kappa shape index (κ3) is 3.54. The molecular formula is C20H23FN2O2S. The molecule has 1 atom stereocenters. The van der Waals surface area contributed by atoms with Gasteiger partial charge >= 0.3 is 0 Å². The number of anilines is 1. The van der Waals surface area contributed by atoms with Crippen molar-refractivity contribution in [2.45, 2.75) is 31.9 Å². The quantitative estimate of drug-likeness (QED) is 0.823. The van der Waals surface area contributed by atoms with Crippen LogP contribution in [0.2, 0.25) is 0 Å². The number of benzene rings is 1. The SMILES string of the molecule is Cc1ccsc1CN1CCCC2(C1)CN(c1ccc(F)cc1)C(=O)CO2. The molecule has 2 saturated heterocycles. The summed E-state index contributed by atoms with van der Waals surface area (Å²) in [6, 6.07) is 8.30. The van der Waals surface area contributed by atoms with E-state index in [9.17, 15) is 9.18 Å². The molecule has 4 nitrogen and oxygen atoms in total. The molecule has 0 saturated carbocycles. The first-order valence-electron chi connectivity index (χ1n) is 9.00. The Balaban J connectivity index is 1.50. The summed E-state index contributed by atoms with van der Waals surface area (Å²) in [5, 5.41) is 2.14. The molecule has 1 spiro atoms. The van der Waals surface area contributed by atoms with Crippen molar-refractivity contribution >= 4 is 22.9 Å². The molecule has 4 rings (SSSR count). The van der Waals surface area contributed by atoms with Crippen molar-refractivity contribution in [3.8, 4) is 0 Å². The normalized spacial score (nSPS) is 24.4. The van der Waals surface area contributed by atoms with Crippen LogP contribution >= 0.6 is 11.3 Å². The molecule has 3 heterocycles. The van der Waals surface area contributed by atoms with Crippen LogP contribution in [0.15, 0.2) is 35.7 Å². The van der Waals surface area contributed by atoms with Crippen molar-refractivity contribution in [3.63, 3.8) is 0 Å². The summed E-state index contributed by atoms with van der Waals surface area (Å²) >= 11 is 1.79. The second-order valence-electron chi connectivity index (χ2n) is 7.27. The fourth-order valence-corrected chi connectivity index (χ4v) is 4.86. The van der Waals surface area contributed by atoms with Crippen molar-refractivity contribution in [1.29, 1.82) is 0 Å². The number of nitrogens with zero attached hydrogens (tertiary/aromatic N) is 2. The predicted molar refractivity (Wildman–Crippen MR) is 101 cm³/mol. The van der Waals surface area contributed by atoms with Crippen molar-refractivity contribution in [3.05, 3.63) is 52.0 Å². The summed E-state index contributed by atoms with van der Waals surface area (Å²) in [5.41, 5.74) is 1.73. The van der Waals surface area contributed by atoms with Gasteiger partial charge in [0.1, 0.15) is 12.4 Å². The second kappa shape index (κ2) is 7.10. The lowest BCUT2D eigenvalue weighted by atomic mass is 9.90. The van der Waals surface area contributed by atoms with E-state index < -0.39 is 0 Å². The molecule has 138 valence electrons. The van der Waals surface area contributed by atoms with Crippen LogP contribution in [0.1, 0.15) is 23.3 Å². The Morgan fingerprint density at radius 3 is 2.77 bits per heavy atom. The zero-order chi connectivity index (χ0) is 18.1. The van der Waals surface area contributed by atoms with Gasteiger partial charge in [-0.25, -0.2) is 4.39 Å². The second-order valence-corrected chi connectivity index (χ2v) is 8.27. The van der Waals surface area contributed by atoms with E-state index in [4.69, 9.17) is 4.74 Å². The zero-order valence-corrected chi connectivity index (χ0v) is 15.7. The Morgan fingerprint density at radius 1 is 1.23 bits per heavy atom. The van der Waals surface area contributed by atoms with Crippen LogP contribution in [-0.2, 0) is 16.1 Å². The van der Waals surface area contributed by atoms with Gasteiger partial charge in [0.15, 0.2) is 0 Å². The van der Waals surface area contributed by atoms with Gasteiger partial charge in [-0.15, -0.1) is 11.3 Å². The maximum atomic E-state index is 13.2. The van der Waals surface area contributed by atoms with E-state index in [0.29, 0.717) is 6.54 Å². The number of ether oxygens (including phenoxy) is 1. The molecular weight excluding hydrogens is 351 g/mol. The van der Waals surface area contributed by atoms with Gasteiger partial charge in [0.05, 0.1) is 12.1 Å². The fourth-order valence-electron chi connectivity index (χ4n) is 3.91. The summed E-state index contributed by atoms with van der Waals surface area (Å²) in [6.07, 6.45) is 1.99. The summed E-state index contributed by atoms with van der Waals surface area (Å²) < 4.78 is 19.3. The molecule has 1 unspecified atom stereocenters. The lowest BCUT2D eigenvalue weighted by Gasteiger charge is -2.47. The molecule has 2 aliphatic heterocycles. The molecule has 0 bridgehead atoms. The maximum Gasteiger partial charge on any atom is 0.253 e. The van der Waals surface area contributed by atoms with Gasteiger partial charge in [0.25, 0.3) is 5.91 Å². The molecule has 2 fully saturated rings. The first-order chi connectivity index (χ1) is 12.5. The van der Waals surface area contributed by atoms with Crippen molar-refractivity contribution in [1.82, 2.24) is 4.90 Å². The van der Waals surface area contributed by atoms with E-state index in [0.717, 1.165) is 38.2 Å². The third-order valence-corrected chi connectivity index (χ3v) is 6.35. The molecule has 1 aromatic carbocycles. The maximum absolute atomic E-state index is 13.2. The van der Waals surface area contributed by atoms with Gasteiger partial charge < -0.3 is 9.64 Å². The Hall–Kier alpha value is -1.76. The van der Waals surface area contributed by atoms with E-state index in [-0.39, 0.29) is 23.9 Å². The number of amides is 1. The number of likely N-dealkylation sites (tertiary alicyclic amines) is 1. The minimum absolute atomic E-state index is 0.0616. The molecule has 6 heteroatoms. The minimum atomic E-state index is -0.342. The summed E-state index contributed by atoms with van der Waals surface area (Å²) in [5.74, 6) is -0.354. The Kier molecular flexibility index (Phi) is 4.82. The molecule has 0 radical (unpaired) electrons. The zero-order valence-electron chi connectivity index (χ0n) is 14.9. The van der Waals surface area contributed by atoms with E-state index in [1.165, 1.54) is 22.6 Å². The molecule has 0 aliphatic carbocycles. The van der Waals surface area contributed by atoms with Crippen LogP contribution in [0.3, 0.4) is 0 Å². The summed E-state index contributed by atoms with van der Waals surface area (Å²) in [6.45, 7) is 5.56. The highest BCUT2D eigenvalue weighted by molar-refractivity contribution is 7.10. The summed E-state index contributed by atoms with van der Waals surface area (Å²) in [4.78, 5) is 18.0. The minimum Gasteiger partial charge on any atom is -0.362 e. The van der Waals surface area contributed by atoms with Gasteiger partial charge in [0.2, 0.25) is 0 Å². The molecule has 0 N–H and O–H groups in total. The molecule has 1 aromatic heterocycles. The first-order valence-corrected chi connectivity index (χ1v) is 9.88. The highest BCUT2D eigenvalue weighted by atomic mass is 32.1. The number of carbonyl (C=O) groups excluding carboxylic acids is 1. The Labute approximate surface area is 157 Å². The van der Waals surface area contributed by atoms with Crippen LogP contribution in [0.25, 0.3) is 0 Å². The van der Waals surface area contributed by atoms with Gasteiger partial charge in [-0.05, 0) is 67.6 Å². The van der Waals surface area contributed by atoms with Gasteiger partial charge in [-0.1, -0.05) is 0 Å². The molecule has 2 aromatic rings. The number of piperidine rings is 1. The lowest BCUT2D eigenvalue weighted by molar-refractivity contribution is -0.146. The van der Waals surface area contributed by atoms with Gasteiger partial charge in [-0.2, -0.15) is 0 Å². The number of carbonyl (C=O) groups is 1. The number of hydrogen-bond donors (Lipinski definition) is 0. The van der Waals surface area contributed by atoms with Gasteiger partial charge in [-0.3, -0.25) is 9.69 Å². The van der Waals surface area contributed by atoms with E-state index in [1.807, 2.05) is 0 Å². The van der Waals surface area contributed by atoms with E-state index in [2.05, 4.69) is 23.3 Å². The predicted octanol–water partition coefficient (Wildman–Crippen LogP) is 3.59. The number of morpholine rings is 1. The van der Waals surface area contributed by atoms with Crippen LogP contribution in [-0.4, -0.2) is 42.6 Å². The number of halogens is 1. The highest BCUT2D eigenvalue weighted by Gasteiger charge is 2.43. The topological polar surface area (TPSA) is 32.8 Å². The van der Waals surface area contributed by atoms with Gasteiger partial charge in [0, 0.05) is 23.7 Å². The third-order valence-electron chi connectivity index (χ3n) is 5.34. The standard InChI is InChI=1S/C20H23FN2O2S/c1-15-7-10-26-18(15)11-22-9-2-8-20(13-22)14-23(19(24)12-25-20)17-5-3-16(21)4-6-17/h3-7,10H,2,8-9,11-14H2,1H3. The highest BCUT2D eigenvalue weighted by Crippen LogP contribution is 2.33. The van der Waals surface area contributed by atoms with Crippen molar-refractivity contribution in [2.75, 3.05) is 31.1 Å². The van der Waals surface area contributed by atoms with Crippen LogP contribution < -0.4 is 4.90 Å². The average Bonchev–Trinajstić information content (AvgIpc) is 3.03. The molecule has 2 aliphatic rings. The number of thiophene rings is 1. The lowest BCUT2D eigenvalue weighted by Crippen LogP contribution is -2.61. The molecule has 26 heavy (non-hydrogen) atoms. The van der Waals surface area contributed by atoms with Crippen LogP contribution in [0.4, 0.5) is 10.1 Å². The van der Waals surface area contributed by atoms with Crippen molar-refractivity contribution in [2.24, 2.45) is 0 Å². The number of aryl methyl sites for hydroxylation is 1. The summed E-state index contributed by atoms with van der Waals surface area (Å²) in [7, 11) is 0. The largest absolute Gasteiger partial charge is 0.362 e. The van der Waals surface area contributed by atoms with E-state index >= 15 is 0 Å². The van der Waals surface area contributed by atoms with Crippen LogP contribution in [0.5, 0.6) is 0 Å². The van der Waals surface area contributed by atoms with E-state index in [1.54, 1.807) is 28.4 Å². The smallest absolute Gasteiger partial charge is 0.253 e. The average molecular weight is 374 g/mol. The monoisotopic (exact) mass is 374 g/mol. The number of hydrogen-bond acceptors (Lipinski definition) is 4. The first kappa shape index (κ1) is 17.6. The fraction of sp³-hybridized carbons (Fsp3) is 0.450. The Morgan fingerprint density at radius 2 is 2.04 bits per heavy atom. The van der Waals surface area contributed by atoms with Crippen LogP contribution in [0, 0.1) is 12.7 Å². The number of rotatable bonds is 3. The van der Waals surface area contributed by atoms with Crippen molar-refractivity contribution < 1.29 is 13.9 Å².